The predicted octanol–water partition coefficient (Wildman–Crippen LogP) is 2.80. The molecule has 2 N–H and O–H groups in total. The zero-order valence-electron chi connectivity index (χ0n) is 13.3. The van der Waals surface area contributed by atoms with Crippen LogP contribution in [0, 0.1) is 0 Å². The van der Waals surface area contributed by atoms with E-state index in [1.807, 2.05) is 19.9 Å². The molecule has 0 aliphatic rings. The number of benzene rings is 1. The fourth-order valence-corrected chi connectivity index (χ4v) is 1.89. The normalized spacial score (nSPS) is 13.7. The van der Waals surface area contributed by atoms with Crippen LogP contribution in [0.3, 0.4) is 0 Å². The smallest absolute Gasteiger partial charge is 0.326 e. The Labute approximate surface area is 133 Å². The number of hydrogen-bond donors (Lipinski definition) is 2. The topological polar surface area (TPSA) is 75.6 Å². The van der Waals surface area contributed by atoms with Crippen molar-refractivity contribution in [3.8, 4) is 5.75 Å². The molecule has 0 saturated carbocycles. The van der Waals surface area contributed by atoms with E-state index in [1.165, 1.54) is 6.92 Å². The molecule has 2 atom stereocenters. The summed E-state index contributed by atoms with van der Waals surface area (Å²) < 4.78 is 30.1. The highest BCUT2D eigenvalue weighted by Gasteiger charge is 2.26. The molecule has 0 heterocycles. The van der Waals surface area contributed by atoms with Gasteiger partial charge in [0.2, 0.25) is 6.43 Å². The number of amides is 1. The van der Waals surface area contributed by atoms with Gasteiger partial charge in [-0.3, -0.25) is 4.79 Å². The van der Waals surface area contributed by atoms with E-state index in [2.05, 4.69) is 5.32 Å². The lowest BCUT2D eigenvalue weighted by atomic mass is 10.0. The molecule has 128 valence electrons. The first-order valence-corrected chi connectivity index (χ1v) is 7.28. The molecule has 0 aliphatic heterocycles. The van der Waals surface area contributed by atoms with Crippen LogP contribution in [0.5, 0.6) is 5.75 Å². The number of carbonyl (C=O) groups is 2. The summed E-state index contributed by atoms with van der Waals surface area (Å²) >= 11 is 0. The molecule has 0 aromatic heterocycles. The van der Waals surface area contributed by atoms with Crippen LogP contribution in [0.25, 0.3) is 0 Å². The van der Waals surface area contributed by atoms with Gasteiger partial charge in [-0.2, -0.15) is 0 Å². The summed E-state index contributed by atoms with van der Waals surface area (Å²) in [6.07, 6.45) is -4.77. The quantitative estimate of drug-likeness (QED) is 0.769. The van der Waals surface area contributed by atoms with Crippen molar-refractivity contribution in [2.45, 2.75) is 51.7 Å². The first-order chi connectivity index (χ1) is 10.7. The molecular formula is C16H21F2NO4. The minimum atomic E-state index is -2.82. The second-order valence-corrected chi connectivity index (χ2v) is 5.51. The van der Waals surface area contributed by atoms with Crippen molar-refractivity contribution in [2.75, 3.05) is 0 Å². The number of alkyl halides is 2. The van der Waals surface area contributed by atoms with Gasteiger partial charge in [0.15, 0.2) is 6.10 Å². The zero-order valence-corrected chi connectivity index (χ0v) is 13.3. The van der Waals surface area contributed by atoms with Crippen LogP contribution in [-0.2, 0) is 9.59 Å². The lowest BCUT2D eigenvalue weighted by Gasteiger charge is -2.19. The highest BCUT2D eigenvalue weighted by molar-refractivity contribution is 5.86. The van der Waals surface area contributed by atoms with Crippen molar-refractivity contribution in [3.05, 3.63) is 29.8 Å². The lowest BCUT2D eigenvalue weighted by Crippen LogP contribution is -2.47. The van der Waals surface area contributed by atoms with Crippen LogP contribution in [-0.4, -0.2) is 35.6 Å². The van der Waals surface area contributed by atoms with Crippen molar-refractivity contribution in [3.63, 3.8) is 0 Å². The summed E-state index contributed by atoms with van der Waals surface area (Å²) in [7, 11) is 0. The number of halogens is 2. The van der Waals surface area contributed by atoms with Gasteiger partial charge >= 0.3 is 5.97 Å². The first kappa shape index (κ1) is 18.9. The van der Waals surface area contributed by atoms with Gasteiger partial charge in [-0.15, -0.1) is 0 Å². The maximum absolute atomic E-state index is 12.3. The van der Waals surface area contributed by atoms with Gasteiger partial charge in [0.25, 0.3) is 5.91 Å². The maximum Gasteiger partial charge on any atom is 0.326 e. The Morgan fingerprint density at radius 1 is 1.26 bits per heavy atom. The number of ether oxygens (including phenoxy) is 1. The Morgan fingerprint density at radius 2 is 1.91 bits per heavy atom. The Bertz CT molecular complexity index is 549. The molecule has 0 radical (unpaired) electrons. The van der Waals surface area contributed by atoms with Crippen molar-refractivity contribution in [2.24, 2.45) is 0 Å². The number of carboxylic acids is 1. The van der Waals surface area contributed by atoms with Gasteiger partial charge in [0.05, 0.1) is 0 Å². The molecule has 0 spiro atoms. The Kier molecular flexibility index (Phi) is 6.93. The number of rotatable bonds is 8. The van der Waals surface area contributed by atoms with Crippen molar-refractivity contribution >= 4 is 11.9 Å². The van der Waals surface area contributed by atoms with E-state index in [9.17, 15) is 18.4 Å². The van der Waals surface area contributed by atoms with E-state index in [0.717, 1.165) is 5.56 Å². The number of carbonyl (C=O) groups excluding carboxylic acids is 1. The zero-order chi connectivity index (χ0) is 17.6. The summed E-state index contributed by atoms with van der Waals surface area (Å²) in [5.41, 5.74) is 1.02. The largest absolute Gasteiger partial charge is 0.481 e. The molecule has 1 aromatic carbocycles. The summed E-state index contributed by atoms with van der Waals surface area (Å²) in [5.74, 6) is -1.52. The van der Waals surface area contributed by atoms with E-state index in [4.69, 9.17) is 9.84 Å². The second-order valence-electron chi connectivity index (χ2n) is 5.51. The van der Waals surface area contributed by atoms with Gasteiger partial charge in [-0.25, -0.2) is 13.6 Å². The molecule has 0 bridgehead atoms. The van der Waals surface area contributed by atoms with Crippen molar-refractivity contribution in [1.82, 2.24) is 5.32 Å². The monoisotopic (exact) mass is 329 g/mol. The van der Waals surface area contributed by atoms with E-state index in [1.54, 1.807) is 18.2 Å². The SMILES string of the molecule is CC(Oc1cccc(C(C)C)c1)C(=O)NC(CC(F)F)C(=O)O. The van der Waals surface area contributed by atoms with E-state index in [0.29, 0.717) is 5.75 Å². The summed E-state index contributed by atoms with van der Waals surface area (Å²) in [5, 5.41) is 10.9. The van der Waals surface area contributed by atoms with Gasteiger partial charge < -0.3 is 15.2 Å². The first-order valence-electron chi connectivity index (χ1n) is 7.28. The van der Waals surface area contributed by atoms with Gasteiger partial charge in [0.1, 0.15) is 11.8 Å². The Morgan fingerprint density at radius 3 is 2.43 bits per heavy atom. The Hall–Kier alpha value is -2.18. The third-order valence-electron chi connectivity index (χ3n) is 3.24. The van der Waals surface area contributed by atoms with Crippen LogP contribution >= 0.6 is 0 Å². The molecule has 1 rings (SSSR count). The molecule has 7 heteroatoms. The number of hydrogen-bond acceptors (Lipinski definition) is 3. The van der Waals surface area contributed by atoms with Gasteiger partial charge in [-0.05, 0) is 30.5 Å². The van der Waals surface area contributed by atoms with Crippen LogP contribution in [0.1, 0.15) is 38.7 Å². The van der Waals surface area contributed by atoms with Crippen LogP contribution < -0.4 is 10.1 Å². The second kappa shape index (κ2) is 8.45. The van der Waals surface area contributed by atoms with E-state index >= 15 is 0 Å². The standard InChI is InChI=1S/C16H21F2NO4/c1-9(2)11-5-4-6-12(7-11)23-10(3)15(20)19-13(16(21)22)8-14(17)18/h4-7,9-10,13-14H,8H2,1-3H3,(H,19,20)(H,21,22). The van der Waals surface area contributed by atoms with Crippen molar-refractivity contribution < 1.29 is 28.2 Å². The van der Waals surface area contributed by atoms with Gasteiger partial charge in [-0.1, -0.05) is 26.0 Å². The number of carboxylic acid groups (broad SMARTS) is 1. The molecule has 0 aliphatic carbocycles. The molecular weight excluding hydrogens is 308 g/mol. The molecule has 0 saturated heterocycles. The van der Waals surface area contributed by atoms with Crippen molar-refractivity contribution in [1.29, 1.82) is 0 Å². The number of aliphatic carboxylic acids is 1. The average Bonchev–Trinajstić information content (AvgIpc) is 2.46. The summed E-state index contributed by atoms with van der Waals surface area (Å²) in [4.78, 5) is 22.8. The van der Waals surface area contributed by atoms with Crippen LogP contribution in [0.4, 0.5) is 8.78 Å². The van der Waals surface area contributed by atoms with Crippen LogP contribution in [0.15, 0.2) is 24.3 Å². The average molecular weight is 329 g/mol. The highest BCUT2D eigenvalue weighted by atomic mass is 19.3. The number of nitrogens with one attached hydrogen (secondary N) is 1. The fraction of sp³-hybridized carbons (Fsp3) is 0.500. The predicted molar refractivity (Wildman–Crippen MR) is 80.8 cm³/mol. The molecule has 2 unspecified atom stereocenters. The third-order valence-corrected chi connectivity index (χ3v) is 3.24. The van der Waals surface area contributed by atoms with E-state index < -0.39 is 36.9 Å². The molecule has 0 fully saturated rings. The lowest BCUT2D eigenvalue weighted by molar-refractivity contribution is -0.144. The minimum Gasteiger partial charge on any atom is -0.481 e. The van der Waals surface area contributed by atoms with E-state index in [-0.39, 0.29) is 5.92 Å². The minimum absolute atomic E-state index is 0.283. The molecule has 1 aromatic rings. The van der Waals surface area contributed by atoms with Gasteiger partial charge in [0, 0.05) is 6.42 Å². The van der Waals surface area contributed by atoms with Crippen LogP contribution in [0.2, 0.25) is 0 Å². The fourth-order valence-electron chi connectivity index (χ4n) is 1.89. The Balaban J connectivity index is 2.69. The molecule has 5 nitrogen and oxygen atoms in total. The maximum atomic E-state index is 12.3. The molecule has 1 amide bonds. The summed E-state index contributed by atoms with van der Waals surface area (Å²) in [6, 6.07) is 5.51. The molecule has 23 heavy (non-hydrogen) atoms. The summed E-state index contributed by atoms with van der Waals surface area (Å²) in [6.45, 7) is 5.45. The highest BCUT2D eigenvalue weighted by Crippen LogP contribution is 2.21. The third kappa shape index (κ3) is 6.22.